The Morgan fingerprint density at radius 3 is 2.83 bits per heavy atom. The number of hydrogen-bond acceptors (Lipinski definition) is 5. The Balaban J connectivity index is 2.32. The first-order chi connectivity index (χ1) is 8.56. The number of esters is 1. The molecule has 18 heavy (non-hydrogen) atoms. The highest BCUT2D eigenvalue weighted by molar-refractivity contribution is 5.88. The summed E-state index contributed by atoms with van der Waals surface area (Å²) in [6.07, 6.45) is 0.414. The maximum absolute atomic E-state index is 11.4. The summed E-state index contributed by atoms with van der Waals surface area (Å²) in [6.45, 7) is 7.79. The summed E-state index contributed by atoms with van der Waals surface area (Å²) in [7, 11) is 1.34. The monoisotopic (exact) mass is 256 g/mol. The van der Waals surface area contributed by atoms with E-state index in [1.807, 2.05) is 0 Å². The van der Waals surface area contributed by atoms with Gasteiger partial charge in [0.25, 0.3) is 0 Å². The van der Waals surface area contributed by atoms with Crippen molar-refractivity contribution in [3.05, 3.63) is 12.2 Å². The summed E-state index contributed by atoms with van der Waals surface area (Å²) in [5.41, 5.74) is 0.440. The van der Waals surface area contributed by atoms with Crippen LogP contribution in [0, 0.1) is 0 Å². The molecule has 1 heterocycles. The van der Waals surface area contributed by atoms with Gasteiger partial charge in [0.05, 0.1) is 13.7 Å². The summed E-state index contributed by atoms with van der Waals surface area (Å²) in [6, 6.07) is 0.0624. The second kappa shape index (κ2) is 7.00. The van der Waals surface area contributed by atoms with Gasteiger partial charge in [0.15, 0.2) is 0 Å². The highest BCUT2D eigenvalue weighted by Gasteiger charge is 2.25. The van der Waals surface area contributed by atoms with Gasteiger partial charge in [-0.15, -0.1) is 0 Å². The molecule has 1 aliphatic rings. The van der Waals surface area contributed by atoms with Gasteiger partial charge in [0.2, 0.25) is 0 Å². The fraction of sp³-hybridized carbons (Fsp3) is 0.667. The van der Waals surface area contributed by atoms with E-state index in [4.69, 9.17) is 4.74 Å². The van der Waals surface area contributed by atoms with Crippen LogP contribution in [0.3, 0.4) is 0 Å². The molecule has 1 aliphatic heterocycles. The minimum Gasteiger partial charge on any atom is -0.463 e. The highest BCUT2D eigenvalue weighted by Crippen LogP contribution is 2.11. The molecule has 0 bridgehead atoms. The second-order valence-electron chi connectivity index (χ2n) is 4.18. The van der Waals surface area contributed by atoms with Crippen LogP contribution in [0.1, 0.15) is 13.3 Å². The van der Waals surface area contributed by atoms with Crippen LogP contribution >= 0.6 is 0 Å². The van der Waals surface area contributed by atoms with Crippen molar-refractivity contribution in [1.82, 2.24) is 10.2 Å². The van der Waals surface area contributed by atoms with E-state index in [1.165, 1.54) is 7.11 Å². The average molecular weight is 256 g/mol. The third-order valence-electron chi connectivity index (χ3n) is 2.76. The predicted molar refractivity (Wildman–Crippen MR) is 66.2 cm³/mol. The minimum atomic E-state index is -0.425. The van der Waals surface area contributed by atoms with Crippen LogP contribution in [0.4, 0.5) is 4.79 Å². The van der Waals surface area contributed by atoms with E-state index in [1.54, 1.807) is 6.92 Å². The molecule has 1 unspecified atom stereocenters. The lowest BCUT2D eigenvalue weighted by Gasteiger charge is -2.17. The van der Waals surface area contributed by atoms with Crippen LogP contribution in [-0.4, -0.2) is 56.4 Å². The number of nitrogens with zero attached hydrogens (tertiary/aromatic N) is 1. The molecule has 1 rings (SSSR count). The summed E-state index contributed by atoms with van der Waals surface area (Å²) in [5, 5.41) is 2.74. The van der Waals surface area contributed by atoms with Gasteiger partial charge in [0, 0.05) is 31.2 Å². The number of carbonyl (C=O) groups is 2. The molecule has 0 radical (unpaired) electrons. The first-order valence-corrected chi connectivity index (χ1v) is 5.98. The lowest BCUT2D eigenvalue weighted by atomic mass is 10.3. The molecule has 0 aromatic heterocycles. The Kier molecular flexibility index (Phi) is 5.64. The van der Waals surface area contributed by atoms with Crippen molar-refractivity contribution in [1.29, 1.82) is 0 Å². The fourth-order valence-corrected chi connectivity index (χ4v) is 1.89. The molecule has 0 aromatic carbocycles. The first kappa shape index (κ1) is 14.5. The van der Waals surface area contributed by atoms with Crippen LogP contribution in [0.25, 0.3) is 0 Å². The third-order valence-corrected chi connectivity index (χ3v) is 2.76. The van der Waals surface area contributed by atoms with E-state index in [0.29, 0.717) is 25.3 Å². The zero-order valence-corrected chi connectivity index (χ0v) is 10.9. The van der Waals surface area contributed by atoms with Gasteiger partial charge in [-0.25, -0.2) is 9.59 Å². The van der Waals surface area contributed by atoms with Gasteiger partial charge in [-0.2, -0.15) is 0 Å². The third kappa shape index (κ3) is 4.37. The number of methoxy groups -OCH3 is 1. The molecule has 6 nitrogen and oxygen atoms in total. The SMILES string of the molecule is C=C(CN1CCC(NC(=O)OC)C1)C(=O)OCC. The van der Waals surface area contributed by atoms with Crippen molar-refractivity contribution in [2.24, 2.45) is 0 Å². The molecule has 0 aliphatic carbocycles. The zero-order valence-electron chi connectivity index (χ0n) is 10.9. The number of likely N-dealkylation sites (tertiary alicyclic amines) is 1. The topological polar surface area (TPSA) is 67.9 Å². The second-order valence-corrected chi connectivity index (χ2v) is 4.18. The highest BCUT2D eigenvalue weighted by atomic mass is 16.5. The largest absolute Gasteiger partial charge is 0.463 e. The number of amides is 1. The van der Waals surface area contributed by atoms with Crippen molar-refractivity contribution in [3.8, 4) is 0 Å². The molecule has 1 amide bonds. The summed E-state index contributed by atoms with van der Waals surface area (Å²) < 4.78 is 9.41. The fourth-order valence-electron chi connectivity index (χ4n) is 1.89. The molecule has 6 heteroatoms. The Hall–Kier alpha value is -1.56. The maximum atomic E-state index is 11.4. The lowest BCUT2D eigenvalue weighted by Crippen LogP contribution is -2.37. The Bertz CT molecular complexity index is 330. The van der Waals surface area contributed by atoms with Crippen LogP contribution in [0.15, 0.2) is 12.2 Å². The Labute approximate surface area is 107 Å². The maximum Gasteiger partial charge on any atom is 0.407 e. The summed E-state index contributed by atoms with van der Waals surface area (Å²) in [5.74, 6) is -0.359. The van der Waals surface area contributed by atoms with Crippen LogP contribution in [0.2, 0.25) is 0 Å². The van der Waals surface area contributed by atoms with E-state index < -0.39 is 6.09 Å². The first-order valence-electron chi connectivity index (χ1n) is 5.98. The van der Waals surface area contributed by atoms with Crippen LogP contribution in [-0.2, 0) is 14.3 Å². The number of hydrogen-bond donors (Lipinski definition) is 1. The zero-order chi connectivity index (χ0) is 13.5. The number of ether oxygens (including phenoxy) is 2. The van der Waals surface area contributed by atoms with Gasteiger partial charge >= 0.3 is 12.1 Å². The molecule has 0 aromatic rings. The van der Waals surface area contributed by atoms with E-state index in [9.17, 15) is 9.59 Å². The molecule has 0 saturated carbocycles. The molecule has 1 atom stereocenters. The van der Waals surface area contributed by atoms with Gasteiger partial charge in [-0.3, -0.25) is 4.90 Å². The molecule has 0 spiro atoms. The molecule has 102 valence electrons. The number of alkyl carbamates (subject to hydrolysis) is 1. The standard InChI is InChI=1S/C12H20N2O4/c1-4-18-11(15)9(2)7-14-6-5-10(8-14)13-12(16)17-3/h10H,2,4-8H2,1,3H3,(H,13,16). The average Bonchev–Trinajstić information content (AvgIpc) is 2.76. The van der Waals surface area contributed by atoms with Gasteiger partial charge in [-0.1, -0.05) is 6.58 Å². The quantitative estimate of drug-likeness (QED) is 0.574. The normalized spacial score (nSPS) is 19.3. The van der Waals surface area contributed by atoms with E-state index in [0.717, 1.165) is 13.0 Å². The predicted octanol–water partition coefficient (Wildman–Crippen LogP) is 0.536. The molecule has 1 fully saturated rings. The van der Waals surface area contributed by atoms with Crippen molar-refractivity contribution < 1.29 is 19.1 Å². The van der Waals surface area contributed by atoms with Crippen molar-refractivity contribution in [2.75, 3.05) is 33.4 Å². The van der Waals surface area contributed by atoms with E-state index in [-0.39, 0.29) is 12.0 Å². The summed E-state index contributed by atoms with van der Waals surface area (Å²) >= 11 is 0. The van der Waals surface area contributed by atoms with Crippen LogP contribution < -0.4 is 5.32 Å². The lowest BCUT2D eigenvalue weighted by molar-refractivity contribution is -0.138. The molecule has 1 saturated heterocycles. The van der Waals surface area contributed by atoms with Gasteiger partial charge < -0.3 is 14.8 Å². The Morgan fingerprint density at radius 1 is 1.50 bits per heavy atom. The number of rotatable bonds is 5. The molecule has 1 N–H and O–H groups in total. The van der Waals surface area contributed by atoms with Crippen LogP contribution in [0.5, 0.6) is 0 Å². The van der Waals surface area contributed by atoms with Crippen molar-refractivity contribution >= 4 is 12.1 Å². The van der Waals surface area contributed by atoms with E-state index in [2.05, 4.69) is 21.5 Å². The minimum absolute atomic E-state index is 0.0624. The van der Waals surface area contributed by atoms with Crippen molar-refractivity contribution in [2.45, 2.75) is 19.4 Å². The molecular weight excluding hydrogens is 236 g/mol. The van der Waals surface area contributed by atoms with Gasteiger partial charge in [-0.05, 0) is 13.3 Å². The number of carbonyl (C=O) groups excluding carboxylic acids is 2. The summed E-state index contributed by atoms with van der Waals surface area (Å²) in [4.78, 5) is 24.5. The smallest absolute Gasteiger partial charge is 0.407 e. The Morgan fingerprint density at radius 2 is 2.22 bits per heavy atom. The van der Waals surface area contributed by atoms with Gasteiger partial charge in [0.1, 0.15) is 0 Å². The number of nitrogens with one attached hydrogen (secondary N) is 1. The van der Waals surface area contributed by atoms with Crippen molar-refractivity contribution in [3.63, 3.8) is 0 Å². The molecular formula is C12H20N2O4. The van der Waals surface area contributed by atoms with E-state index >= 15 is 0 Å².